The molecular weight excluding hydrogens is 472 g/mol. The Morgan fingerprint density at radius 3 is 1.71 bits per heavy atom. The van der Waals surface area contributed by atoms with Crippen LogP contribution in [0.1, 0.15) is 135 Å². The van der Waals surface area contributed by atoms with Crippen molar-refractivity contribution >= 4 is 11.9 Å². The summed E-state index contributed by atoms with van der Waals surface area (Å²) in [7, 11) is 0. The van der Waals surface area contributed by atoms with Crippen LogP contribution in [0.25, 0.3) is 0 Å². The van der Waals surface area contributed by atoms with Gasteiger partial charge in [-0.2, -0.15) is 0 Å². The number of carbonyl (C=O) groups is 2. The zero-order valence-corrected chi connectivity index (χ0v) is 24.4. The molecule has 1 aliphatic carbocycles. The van der Waals surface area contributed by atoms with Gasteiger partial charge in [-0.25, -0.2) is 0 Å². The van der Waals surface area contributed by atoms with Gasteiger partial charge in [0.25, 0.3) is 0 Å². The zero-order valence-electron chi connectivity index (χ0n) is 24.4. The van der Waals surface area contributed by atoms with Crippen molar-refractivity contribution in [2.45, 2.75) is 129 Å². The highest BCUT2D eigenvalue weighted by molar-refractivity contribution is 5.73. The van der Waals surface area contributed by atoms with E-state index in [0.717, 1.165) is 32.1 Å². The van der Waals surface area contributed by atoms with Crippen LogP contribution in [0, 0.1) is 0 Å². The highest BCUT2D eigenvalue weighted by Crippen LogP contribution is 2.53. The molecule has 0 unspecified atom stereocenters. The Balaban J connectivity index is 1.67. The average molecular weight is 521 g/mol. The first-order valence-electron chi connectivity index (χ1n) is 14.9. The SMILES string of the molecule is CCCCCCCC(=O)Oc1ccc([C@@]2(C)CC(C)(C)c3ccc(OC(=O)CCCCCCC)cc32)cc1. The standard InChI is InChI=1S/C34H48O4/c1-6-8-10-12-14-16-31(35)37-27-20-18-26(19-21-27)34(5)25-33(3,4)29-23-22-28(24-30(29)34)38-32(36)17-15-13-11-9-7-2/h18-24H,6-17,25H2,1-5H3/t34-/m1/s1. The van der Waals surface area contributed by atoms with E-state index in [2.05, 4.69) is 58.9 Å². The first kappa shape index (κ1) is 29.9. The fourth-order valence-corrected chi connectivity index (χ4v) is 5.97. The molecule has 0 saturated heterocycles. The molecule has 0 fully saturated rings. The van der Waals surface area contributed by atoms with Crippen molar-refractivity contribution in [3.05, 3.63) is 59.2 Å². The molecular formula is C34H48O4. The molecule has 0 aromatic heterocycles. The number of rotatable bonds is 15. The van der Waals surface area contributed by atoms with Crippen LogP contribution < -0.4 is 9.47 Å². The van der Waals surface area contributed by atoms with Crippen molar-refractivity contribution in [3.63, 3.8) is 0 Å². The highest BCUT2D eigenvalue weighted by atomic mass is 16.5. The maximum atomic E-state index is 12.5. The molecule has 0 N–H and O–H groups in total. The van der Waals surface area contributed by atoms with Crippen LogP contribution >= 0.6 is 0 Å². The Morgan fingerprint density at radius 2 is 1.16 bits per heavy atom. The number of hydrogen-bond donors (Lipinski definition) is 0. The fourth-order valence-electron chi connectivity index (χ4n) is 5.97. The van der Waals surface area contributed by atoms with E-state index >= 15 is 0 Å². The van der Waals surface area contributed by atoms with E-state index in [1.165, 1.54) is 55.2 Å². The van der Waals surface area contributed by atoms with Gasteiger partial charge in [0.15, 0.2) is 0 Å². The molecule has 0 heterocycles. The molecule has 1 aliphatic rings. The monoisotopic (exact) mass is 520 g/mol. The zero-order chi connectivity index (χ0) is 27.6. The van der Waals surface area contributed by atoms with E-state index < -0.39 is 0 Å². The lowest BCUT2D eigenvalue weighted by atomic mass is 9.75. The van der Waals surface area contributed by atoms with Gasteiger partial charge in [-0.15, -0.1) is 0 Å². The molecule has 0 radical (unpaired) electrons. The number of unbranched alkanes of at least 4 members (excludes halogenated alkanes) is 8. The second-order valence-corrected chi connectivity index (χ2v) is 11.9. The third kappa shape index (κ3) is 7.94. The van der Waals surface area contributed by atoms with E-state index in [9.17, 15) is 9.59 Å². The Kier molecular flexibility index (Phi) is 11.0. The molecule has 1 atom stereocenters. The molecule has 0 saturated carbocycles. The lowest BCUT2D eigenvalue weighted by Crippen LogP contribution is -2.23. The summed E-state index contributed by atoms with van der Waals surface area (Å²) in [5.41, 5.74) is 3.42. The second-order valence-electron chi connectivity index (χ2n) is 11.9. The minimum atomic E-state index is -0.233. The van der Waals surface area contributed by atoms with Crippen LogP contribution in [0.4, 0.5) is 0 Å². The summed E-state index contributed by atoms with van der Waals surface area (Å²) in [4.78, 5) is 24.8. The Hall–Kier alpha value is -2.62. The first-order chi connectivity index (χ1) is 18.2. The Morgan fingerprint density at radius 1 is 0.658 bits per heavy atom. The van der Waals surface area contributed by atoms with Gasteiger partial charge in [-0.3, -0.25) is 9.59 Å². The van der Waals surface area contributed by atoms with E-state index in [1.54, 1.807) is 0 Å². The normalized spacial score (nSPS) is 17.7. The summed E-state index contributed by atoms with van der Waals surface area (Å²) >= 11 is 0. The number of hydrogen-bond acceptors (Lipinski definition) is 4. The third-order valence-corrected chi connectivity index (χ3v) is 8.03. The molecule has 4 nitrogen and oxygen atoms in total. The van der Waals surface area contributed by atoms with Crippen molar-refractivity contribution < 1.29 is 19.1 Å². The van der Waals surface area contributed by atoms with Gasteiger partial charge < -0.3 is 9.47 Å². The van der Waals surface area contributed by atoms with Gasteiger partial charge >= 0.3 is 11.9 Å². The summed E-state index contributed by atoms with van der Waals surface area (Å²) < 4.78 is 11.4. The largest absolute Gasteiger partial charge is 0.427 e. The number of benzene rings is 2. The maximum Gasteiger partial charge on any atom is 0.311 e. The summed E-state index contributed by atoms with van der Waals surface area (Å²) in [6.45, 7) is 11.2. The second kappa shape index (κ2) is 14.0. The summed E-state index contributed by atoms with van der Waals surface area (Å²) in [6, 6.07) is 14.1. The summed E-state index contributed by atoms with van der Waals surface area (Å²) in [6.07, 6.45) is 13.0. The minimum absolute atomic E-state index is 0.00515. The number of esters is 2. The summed E-state index contributed by atoms with van der Waals surface area (Å²) in [5.74, 6) is 0.896. The van der Waals surface area contributed by atoms with Gasteiger partial charge in [0.05, 0.1) is 0 Å². The quantitative estimate of drug-likeness (QED) is 0.133. The first-order valence-corrected chi connectivity index (χ1v) is 14.9. The lowest BCUT2D eigenvalue weighted by Gasteiger charge is -2.28. The van der Waals surface area contributed by atoms with Gasteiger partial charge in [0, 0.05) is 18.3 Å². The van der Waals surface area contributed by atoms with E-state index in [0.29, 0.717) is 24.3 Å². The predicted octanol–water partition coefficient (Wildman–Crippen LogP) is 9.21. The van der Waals surface area contributed by atoms with Crippen molar-refractivity contribution in [2.24, 2.45) is 0 Å². The van der Waals surface area contributed by atoms with Crippen LogP contribution in [0.3, 0.4) is 0 Å². The van der Waals surface area contributed by atoms with Crippen LogP contribution in [0.5, 0.6) is 11.5 Å². The van der Waals surface area contributed by atoms with E-state index in [1.807, 2.05) is 18.2 Å². The number of fused-ring (bicyclic) bond motifs is 1. The molecule has 2 aromatic rings. The third-order valence-electron chi connectivity index (χ3n) is 8.03. The Bertz CT molecular complexity index is 1050. The molecule has 0 spiro atoms. The van der Waals surface area contributed by atoms with Gasteiger partial charge in [0.1, 0.15) is 11.5 Å². The molecule has 4 heteroatoms. The van der Waals surface area contributed by atoms with E-state index in [-0.39, 0.29) is 22.8 Å². The molecule has 0 amide bonds. The molecule has 0 bridgehead atoms. The lowest BCUT2D eigenvalue weighted by molar-refractivity contribution is -0.135. The Labute approximate surface area is 230 Å². The topological polar surface area (TPSA) is 52.6 Å². The van der Waals surface area contributed by atoms with E-state index in [4.69, 9.17) is 9.47 Å². The number of carbonyl (C=O) groups excluding carboxylic acids is 2. The molecule has 2 aromatic carbocycles. The average Bonchev–Trinajstić information content (AvgIpc) is 3.09. The molecule has 38 heavy (non-hydrogen) atoms. The van der Waals surface area contributed by atoms with Crippen molar-refractivity contribution in [1.82, 2.24) is 0 Å². The van der Waals surface area contributed by atoms with Gasteiger partial charge in [-0.1, -0.05) is 104 Å². The minimum Gasteiger partial charge on any atom is -0.427 e. The van der Waals surface area contributed by atoms with Crippen LogP contribution in [0.15, 0.2) is 42.5 Å². The predicted molar refractivity (Wildman–Crippen MR) is 155 cm³/mol. The smallest absolute Gasteiger partial charge is 0.311 e. The van der Waals surface area contributed by atoms with Crippen molar-refractivity contribution in [2.75, 3.05) is 0 Å². The number of ether oxygens (including phenoxy) is 2. The molecule has 3 rings (SSSR count). The van der Waals surface area contributed by atoms with Crippen LogP contribution in [-0.2, 0) is 20.4 Å². The highest BCUT2D eigenvalue weighted by Gasteiger charge is 2.46. The van der Waals surface area contributed by atoms with Crippen molar-refractivity contribution in [1.29, 1.82) is 0 Å². The van der Waals surface area contributed by atoms with Crippen LogP contribution in [-0.4, -0.2) is 11.9 Å². The van der Waals surface area contributed by atoms with Crippen molar-refractivity contribution in [3.8, 4) is 11.5 Å². The van der Waals surface area contributed by atoms with Gasteiger partial charge in [0.2, 0.25) is 0 Å². The fraction of sp³-hybridized carbons (Fsp3) is 0.588. The molecule has 208 valence electrons. The maximum absolute atomic E-state index is 12.5. The summed E-state index contributed by atoms with van der Waals surface area (Å²) in [5, 5.41) is 0. The van der Waals surface area contributed by atoms with Gasteiger partial charge in [-0.05, 0) is 65.6 Å². The molecule has 0 aliphatic heterocycles. The van der Waals surface area contributed by atoms with Crippen LogP contribution in [0.2, 0.25) is 0 Å².